The molecule has 0 aliphatic heterocycles. The quantitative estimate of drug-likeness (QED) is 0.836. The predicted molar refractivity (Wildman–Crippen MR) is 63.0 cm³/mol. The Hall–Kier alpha value is -0.410. The second kappa shape index (κ2) is 3.99. The van der Waals surface area contributed by atoms with Crippen LogP contribution in [0.2, 0.25) is 0 Å². The van der Waals surface area contributed by atoms with Crippen LogP contribution in [0.25, 0.3) is 0 Å². The molecular formula is C11H20N2S. The molecule has 0 aliphatic carbocycles. The third-order valence-electron chi connectivity index (χ3n) is 2.47. The van der Waals surface area contributed by atoms with Gasteiger partial charge in [-0.15, -0.1) is 11.3 Å². The third-order valence-corrected chi connectivity index (χ3v) is 3.82. The smallest absolute Gasteiger partial charge is 0.1000 e. The van der Waals surface area contributed by atoms with Gasteiger partial charge in [-0.25, -0.2) is 4.98 Å². The van der Waals surface area contributed by atoms with Crippen LogP contribution in [0.1, 0.15) is 49.2 Å². The van der Waals surface area contributed by atoms with Crippen molar-refractivity contribution in [2.24, 2.45) is 5.73 Å². The predicted octanol–water partition coefficient (Wildman–Crippen LogP) is 2.81. The first-order chi connectivity index (χ1) is 6.38. The van der Waals surface area contributed by atoms with Crippen LogP contribution in [0.3, 0.4) is 0 Å². The van der Waals surface area contributed by atoms with Gasteiger partial charge in [-0.3, -0.25) is 0 Å². The molecule has 0 aliphatic rings. The van der Waals surface area contributed by atoms with Crippen molar-refractivity contribution in [1.29, 1.82) is 0 Å². The molecule has 1 rings (SSSR count). The second-order valence-corrected chi connectivity index (χ2v) is 5.91. The van der Waals surface area contributed by atoms with E-state index in [1.165, 1.54) is 15.6 Å². The van der Waals surface area contributed by atoms with Crippen molar-refractivity contribution < 1.29 is 0 Å². The highest BCUT2D eigenvalue weighted by molar-refractivity contribution is 7.11. The van der Waals surface area contributed by atoms with Gasteiger partial charge in [-0.05, 0) is 12.8 Å². The molecule has 0 saturated carbocycles. The Balaban J connectivity index is 3.08. The summed E-state index contributed by atoms with van der Waals surface area (Å²) in [6.07, 6.45) is 0. The summed E-state index contributed by atoms with van der Waals surface area (Å²) in [4.78, 5) is 6.02. The van der Waals surface area contributed by atoms with Gasteiger partial charge in [0.15, 0.2) is 0 Å². The molecule has 0 spiro atoms. The molecule has 0 bridgehead atoms. The monoisotopic (exact) mass is 212 g/mol. The van der Waals surface area contributed by atoms with Gasteiger partial charge in [0.25, 0.3) is 0 Å². The lowest BCUT2D eigenvalue weighted by Gasteiger charge is -2.18. The molecule has 2 nitrogen and oxygen atoms in total. The van der Waals surface area contributed by atoms with Crippen molar-refractivity contribution >= 4 is 11.3 Å². The van der Waals surface area contributed by atoms with Crippen molar-refractivity contribution in [2.75, 3.05) is 6.54 Å². The van der Waals surface area contributed by atoms with Crippen LogP contribution in [0, 0.1) is 6.92 Å². The molecule has 0 radical (unpaired) electrons. The average molecular weight is 212 g/mol. The van der Waals surface area contributed by atoms with E-state index in [4.69, 9.17) is 10.7 Å². The molecule has 0 aromatic carbocycles. The number of rotatable bonds is 3. The normalized spacial score (nSPS) is 12.5. The molecular weight excluding hydrogens is 192 g/mol. The number of aryl methyl sites for hydroxylation is 1. The van der Waals surface area contributed by atoms with E-state index in [0.717, 1.165) is 0 Å². The Morgan fingerprint density at radius 2 is 2.00 bits per heavy atom. The van der Waals surface area contributed by atoms with Crippen molar-refractivity contribution in [3.05, 3.63) is 15.6 Å². The highest BCUT2D eigenvalue weighted by Gasteiger charge is 2.24. The Morgan fingerprint density at radius 3 is 2.36 bits per heavy atom. The summed E-state index contributed by atoms with van der Waals surface area (Å²) in [5.41, 5.74) is 6.99. The molecule has 1 heterocycles. The minimum absolute atomic E-state index is 0.0164. The molecule has 2 N–H and O–H groups in total. The van der Waals surface area contributed by atoms with Crippen molar-refractivity contribution in [1.82, 2.24) is 4.98 Å². The van der Waals surface area contributed by atoms with Crippen LogP contribution in [0.4, 0.5) is 0 Å². The van der Waals surface area contributed by atoms with E-state index >= 15 is 0 Å². The number of thiazole rings is 1. The lowest BCUT2D eigenvalue weighted by atomic mass is 9.95. The van der Waals surface area contributed by atoms with Crippen LogP contribution in [-0.2, 0) is 5.41 Å². The number of nitrogens with zero attached hydrogens (tertiary/aromatic N) is 1. The van der Waals surface area contributed by atoms with E-state index in [1.54, 1.807) is 11.3 Å². The van der Waals surface area contributed by atoms with Crippen molar-refractivity contribution in [3.8, 4) is 0 Å². The van der Waals surface area contributed by atoms with Crippen LogP contribution in [0.15, 0.2) is 0 Å². The first-order valence-electron chi connectivity index (χ1n) is 5.06. The maximum Gasteiger partial charge on any atom is 0.1000 e. The van der Waals surface area contributed by atoms with E-state index in [-0.39, 0.29) is 5.41 Å². The van der Waals surface area contributed by atoms with Gasteiger partial charge in [0, 0.05) is 16.8 Å². The zero-order valence-corrected chi connectivity index (χ0v) is 10.5. The third kappa shape index (κ3) is 2.15. The van der Waals surface area contributed by atoms with Crippen molar-refractivity contribution in [2.45, 2.75) is 46.0 Å². The molecule has 3 heteroatoms. The zero-order valence-electron chi connectivity index (χ0n) is 9.72. The zero-order chi connectivity index (χ0) is 10.9. The maximum absolute atomic E-state index is 5.74. The Morgan fingerprint density at radius 1 is 1.43 bits per heavy atom. The molecule has 0 unspecified atom stereocenters. The first-order valence-corrected chi connectivity index (χ1v) is 5.88. The summed E-state index contributed by atoms with van der Waals surface area (Å²) in [6, 6.07) is 0. The topological polar surface area (TPSA) is 38.9 Å². The van der Waals surface area contributed by atoms with Gasteiger partial charge >= 0.3 is 0 Å². The van der Waals surface area contributed by atoms with Gasteiger partial charge in [0.05, 0.1) is 10.7 Å². The molecule has 0 fully saturated rings. The summed E-state index contributed by atoms with van der Waals surface area (Å²) in [7, 11) is 0. The fourth-order valence-corrected chi connectivity index (χ4v) is 2.50. The maximum atomic E-state index is 5.74. The molecule has 0 atom stereocenters. The summed E-state index contributed by atoms with van der Waals surface area (Å²) in [5.74, 6) is 0.508. The number of aromatic nitrogens is 1. The average Bonchev–Trinajstić information content (AvgIpc) is 2.48. The van der Waals surface area contributed by atoms with Gasteiger partial charge in [-0.2, -0.15) is 0 Å². The highest BCUT2D eigenvalue weighted by atomic mass is 32.1. The fourth-order valence-electron chi connectivity index (χ4n) is 1.32. The van der Waals surface area contributed by atoms with E-state index in [9.17, 15) is 0 Å². The number of nitrogens with two attached hydrogens (primary N) is 1. The Labute approximate surface area is 90.6 Å². The van der Waals surface area contributed by atoms with E-state index < -0.39 is 0 Å². The molecule has 1 aromatic rings. The van der Waals surface area contributed by atoms with Gasteiger partial charge in [0.2, 0.25) is 0 Å². The summed E-state index contributed by atoms with van der Waals surface area (Å²) < 4.78 is 0. The van der Waals surface area contributed by atoms with Crippen LogP contribution >= 0.6 is 11.3 Å². The lowest BCUT2D eigenvalue weighted by Crippen LogP contribution is -2.27. The Bertz CT molecular complexity index is 313. The molecule has 80 valence electrons. The SMILES string of the molecule is Cc1sc(C(C)(C)CN)nc1C(C)C. The number of hydrogen-bond donors (Lipinski definition) is 1. The highest BCUT2D eigenvalue weighted by Crippen LogP contribution is 2.31. The molecule has 0 saturated heterocycles. The van der Waals surface area contributed by atoms with Crippen molar-refractivity contribution in [3.63, 3.8) is 0 Å². The van der Waals surface area contributed by atoms with Crippen LogP contribution in [-0.4, -0.2) is 11.5 Å². The minimum atomic E-state index is 0.0164. The summed E-state index contributed by atoms with van der Waals surface area (Å²) in [5, 5.41) is 1.17. The van der Waals surface area contributed by atoms with Gasteiger partial charge in [-0.1, -0.05) is 27.7 Å². The van der Waals surface area contributed by atoms with Gasteiger partial charge in [0.1, 0.15) is 0 Å². The molecule has 1 aromatic heterocycles. The van der Waals surface area contributed by atoms with E-state index in [2.05, 4.69) is 34.6 Å². The second-order valence-electron chi connectivity index (χ2n) is 4.70. The molecule has 0 amide bonds. The minimum Gasteiger partial charge on any atom is -0.330 e. The van der Waals surface area contributed by atoms with E-state index in [1.807, 2.05) is 0 Å². The molecule has 14 heavy (non-hydrogen) atoms. The standard InChI is InChI=1S/C11H20N2S/c1-7(2)9-8(3)14-10(13-9)11(4,5)6-12/h7H,6,12H2,1-5H3. The largest absolute Gasteiger partial charge is 0.330 e. The summed E-state index contributed by atoms with van der Waals surface area (Å²) >= 11 is 1.78. The summed E-state index contributed by atoms with van der Waals surface area (Å²) in [6.45, 7) is 11.5. The number of hydrogen-bond acceptors (Lipinski definition) is 3. The first kappa shape index (κ1) is 11.7. The Kier molecular flexibility index (Phi) is 3.32. The van der Waals surface area contributed by atoms with E-state index in [0.29, 0.717) is 12.5 Å². The van der Waals surface area contributed by atoms with Crippen LogP contribution in [0.5, 0.6) is 0 Å². The lowest BCUT2D eigenvalue weighted by molar-refractivity contribution is 0.532. The van der Waals surface area contributed by atoms with Crippen LogP contribution < -0.4 is 5.73 Å². The van der Waals surface area contributed by atoms with Gasteiger partial charge < -0.3 is 5.73 Å². The fraction of sp³-hybridized carbons (Fsp3) is 0.727.